The van der Waals surface area contributed by atoms with Gasteiger partial charge in [0.1, 0.15) is 0 Å². The summed E-state index contributed by atoms with van der Waals surface area (Å²) in [4.78, 5) is 37.4. The molecule has 110 valence electrons. The van der Waals surface area contributed by atoms with E-state index in [2.05, 4.69) is 15.0 Å². The Morgan fingerprint density at radius 1 is 1.29 bits per heavy atom. The summed E-state index contributed by atoms with van der Waals surface area (Å²) < 4.78 is 4.52. The number of fused-ring (bicyclic) bond motifs is 1. The summed E-state index contributed by atoms with van der Waals surface area (Å²) in [5, 5.41) is 3.38. The fourth-order valence-corrected chi connectivity index (χ4v) is 2.02. The van der Waals surface area contributed by atoms with Crippen LogP contribution in [0.3, 0.4) is 0 Å². The molecule has 0 spiro atoms. The third-order valence-corrected chi connectivity index (χ3v) is 3.07. The maximum Gasteiger partial charge on any atom is 0.305 e. The number of para-hydroxylation sites is 1. The Morgan fingerprint density at radius 3 is 2.81 bits per heavy atom. The van der Waals surface area contributed by atoms with Gasteiger partial charge in [-0.1, -0.05) is 18.2 Å². The van der Waals surface area contributed by atoms with Crippen molar-refractivity contribution in [3.05, 3.63) is 46.2 Å². The largest absolute Gasteiger partial charge is 0.469 e. The highest BCUT2D eigenvalue weighted by Gasteiger charge is 2.11. The first-order chi connectivity index (χ1) is 10.1. The van der Waals surface area contributed by atoms with Gasteiger partial charge in [-0.05, 0) is 12.5 Å². The number of hydrogen-bond donors (Lipinski definition) is 2. The van der Waals surface area contributed by atoms with Crippen LogP contribution in [0.15, 0.2) is 35.1 Å². The SMILES string of the molecule is COC(=O)CCCNC(=O)c1cc(=O)[nH]c2ccccc12. The molecule has 0 aliphatic carbocycles. The lowest BCUT2D eigenvalue weighted by molar-refractivity contribution is -0.140. The van der Waals surface area contributed by atoms with Gasteiger partial charge in [-0.15, -0.1) is 0 Å². The van der Waals surface area contributed by atoms with E-state index in [-0.39, 0.29) is 23.9 Å². The predicted molar refractivity (Wildman–Crippen MR) is 78.2 cm³/mol. The number of nitrogens with one attached hydrogen (secondary N) is 2. The van der Waals surface area contributed by atoms with Crippen molar-refractivity contribution in [3.8, 4) is 0 Å². The van der Waals surface area contributed by atoms with E-state index in [0.29, 0.717) is 29.4 Å². The Hall–Kier alpha value is -2.63. The highest BCUT2D eigenvalue weighted by atomic mass is 16.5. The molecule has 0 saturated heterocycles. The van der Waals surface area contributed by atoms with Gasteiger partial charge in [-0.3, -0.25) is 14.4 Å². The number of hydrogen-bond acceptors (Lipinski definition) is 4. The Kier molecular flexibility index (Phi) is 4.71. The van der Waals surface area contributed by atoms with Crippen molar-refractivity contribution in [2.24, 2.45) is 0 Å². The average Bonchev–Trinajstić information content (AvgIpc) is 2.50. The topological polar surface area (TPSA) is 88.3 Å². The van der Waals surface area contributed by atoms with Crippen molar-refractivity contribution in [2.45, 2.75) is 12.8 Å². The van der Waals surface area contributed by atoms with E-state index in [0.717, 1.165) is 0 Å². The third-order valence-electron chi connectivity index (χ3n) is 3.07. The lowest BCUT2D eigenvalue weighted by atomic mass is 10.1. The molecular formula is C15H16N2O4. The van der Waals surface area contributed by atoms with Crippen molar-refractivity contribution >= 4 is 22.8 Å². The van der Waals surface area contributed by atoms with Gasteiger partial charge >= 0.3 is 5.97 Å². The Morgan fingerprint density at radius 2 is 2.05 bits per heavy atom. The number of carbonyl (C=O) groups is 2. The van der Waals surface area contributed by atoms with E-state index in [9.17, 15) is 14.4 Å². The molecular weight excluding hydrogens is 272 g/mol. The summed E-state index contributed by atoms with van der Waals surface area (Å²) in [6, 6.07) is 8.38. The average molecular weight is 288 g/mol. The van der Waals surface area contributed by atoms with Crippen LogP contribution in [-0.2, 0) is 9.53 Å². The molecule has 2 N–H and O–H groups in total. The van der Waals surface area contributed by atoms with Crippen LogP contribution in [0.1, 0.15) is 23.2 Å². The molecule has 1 aromatic heterocycles. The highest BCUT2D eigenvalue weighted by molar-refractivity contribution is 6.05. The molecule has 2 rings (SSSR count). The Bertz CT molecular complexity index is 721. The first-order valence-electron chi connectivity index (χ1n) is 6.59. The molecule has 1 heterocycles. The van der Waals surface area contributed by atoms with Crippen LogP contribution in [0, 0.1) is 0 Å². The molecule has 0 radical (unpaired) electrons. The van der Waals surface area contributed by atoms with E-state index < -0.39 is 0 Å². The molecule has 21 heavy (non-hydrogen) atoms. The zero-order chi connectivity index (χ0) is 15.2. The van der Waals surface area contributed by atoms with Crippen LogP contribution < -0.4 is 10.9 Å². The van der Waals surface area contributed by atoms with E-state index >= 15 is 0 Å². The van der Waals surface area contributed by atoms with Crippen LogP contribution in [0.25, 0.3) is 10.9 Å². The molecule has 0 fully saturated rings. The molecule has 0 aliphatic heterocycles. The highest BCUT2D eigenvalue weighted by Crippen LogP contribution is 2.14. The zero-order valence-electron chi connectivity index (χ0n) is 11.6. The molecule has 0 unspecified atom stereocenters. The smallest absolute Gasteiger partial charge is 0.305 e. The minimum absolute atomic E-state index is 0.243. The quantitative estimate of drug-likeness (QED) is 0.639. The lowest BCUT2D eigenvalue weighted by Gasteiger charge is -2.07. The van der Waals surface area contributed by atoms with Gasteiger partial charge in [0.25, 0.3) is 5.91 Å². The maximum atomic E-state index is 12.1. The van der Waals surface area contributed by atoms with Gasteiger partial charge in [-0.25, -0.2) is 0 Å². The number of esters is 1. The fraction of sp³-hybridized carbons (Fsp3) is 0.267. The number of aromatic amines is 1. The van der Waals surface area contributed by atoms with Crippen LogP contribution >= 0.6 is 0 Å². The summed E-state index contributed by atoms with van der Waals surface area (Å²) in [6.45, 7) is 0.342. The summed E-state index contributed by atoms with van der Waals surface area (Å²) in [5.41, 5.74) is 0.616. The van der Waals surface area contributed by atoms with E-state index in [1.165, 1.54) is 13.2 Å². The number of benzene rings is 1. The van der Waals surface area contributed by atoms with Crippen LogP contribution in [0.4, 0.5) is 0 Å². The first kappa shape index (κ1) is 14.8. The second kappa shape index (κ2) is 6.69. The number of ether oxygens (including phenoxy) is 1. The fourth-order valence-electron chi connectivity index (χ4n) is 2.02. The lowest BCUT2D eigenvalue weighted by Crippen LogP contribution is -2.26. The number of H-pyrrole nitrogens is 1. The minimum atomic E-state index is -0.331. The monoisotopic (exact) mass is 288 g/mol. The second-order valence-corrected chi connectivity index (χ2v) is 4.53. The molecule has 6 heteroatoms. The van der Waals surface area contributed by atoms with Crippen LogP contribution in [0.2, 0.25) is 0 Å². The van der Waals surface area contributed by atoms with Crippen molar-refractivity contribution in [3.63, 3.8) is 0 Å². The van der Waals surface area contributed by atoms with Crippen molar-refractivity contribution in [1.82, 2.24) is 10.3 Å². The standard InChI is InChI=1S/C15H16N2O4/c1-21-14(19)7-4-8-16-15(20)11-9-13(18)17-12-6-3-2-5-10(11)12/h2-3,5-6,9H,4,7-8H2,1H3,(H,16,20)(H,17,18). The van der Waals surface area contributed by atoms with Gasteiger partial charge < -0.3 is 15.0 Å². The number of rotatable bonds is 5. The molecule has 0 aliphatic rings. The normalized spacial score (nSPS) is 10.3. The van der Waals surface area contributed by atoms with E-state index in [1.807, 2.05) is 0 Å². The molecule has 0 bridgehead atoms. The number of carbonyl (C=O) groups excluding carboxylic acids is 2. The number of aromatic nitrogens is 1. The van der Waals surface area contributed by atoms with Gasteiger partial charge in [0.2, 0.25) is 5.56 Å². The van der Waals surface area contributed by atoms with E-state index in [1.54, 1.807) is 24.3 Å². The molecule has 0 atom stereocenters. The first-order valence-corrected chi connectivity index (χ1v) is 6.59. The van der Waals surface area contributed by atoms with Crippen LogP contribution in [-0.4, -0.2) is 30.5 Å². The summed E-state index contributed by atoms with van der Waals surface area (Å²) in [6.07, 6.45) is 0.729. The number of pyridine rings is 1. The number of amides is 1. The predicted octanol–water partition coefficient (Wildman–Crippen LogP) is 1.21. The van der Waals surface area contributed by atoms with E-state index in [4.69, 9.17) is 0 Å². The Labute approximate surface area is 121 Å². The second-order valence-electron chi connectivity index (χ2n) is 4.53. The third kappa shape index (κ3) is 3.68. The molecule has 1 amide bonds. The minimum Gasteiger partial charge on any atom is -0.469 e. The van der Waals surface area contributed by atoms with Crippen molar-refractivity contribution in [1.29, 1.82) is 0 Å². The maximum absolute atomic E-state index is 12.1. The van der Waals surface area contributed by atoms with Gasteiger partial charge in [-0.2, -0.15) is 0 Å². The summed E-state index contributed by atoms with van der Waals surface area (Å²) >= 11 is 0. The molecule has 0 saturated carbocycles. The molecule has 6 nitrogen and oxygen atoms in total. The number of methoxy groups -OCH3 is 1. The zero-order valence-corrected chi connectivity index (χ0v) is 11.6. The molecule has 1 aromatic carbocycles. The molecule has 2 aromatic rings. The van der Waals surface area contributed by atoms with Gasteiger partial charge in [0.15, 0.2) is 0 Å². The Balaban J connectivity index is 2.09. The van der Waals surface area contributed by atoms with Gasteiger partial charge in [0.05, 0.1) is 12.7 Å². The summed E-state index contributed by atoms with van der Waals surface area (Å²) in [5.74, 6) is -0.645. The van der Waals surface area contributed by atoms with Crippen molar-refractivity contribution < 1.29 is 14.3 Å². The summed E-state index contributed by atoms with van der Waals surface area (Å²) in [7, 11) is 1.32. The van der Waals surface area contributed by atoms with Gasteiger partial charge in [0, 0.05) is 29.9 Å². The van der Waals surface area contributed by atoms with Crippen molar-refractivity contribution in [2.75, 3.05) is 13.7 Å². The van der Waals surface area contributed by atoms with Crippen LogP contribution in [0.5, 0.6) is 0 Å².